The first-order valence-electron chi connectivity index (χ1n) is 7.69. The van der Waals surface area contributed by atoms with E-state index < -0.39 is 0 Å². The summed E-state index contributed by atoms with van der Waals surface area (Å²) >= 11 is 0. The van der Waals surface area contributed by atoms with Crippen LogP contribution in [0.25, 0.3) is 0 Å². The molecule has 0 unspecified atom stereocenters. The van der Waals surface area contributed by atoms with Gasteiger partial charge in [-0.25, -0.2) is 4.39 Å². The van der Waals surface area contributed by atoms with E-state index in [9.17, 15) is 4.39 Å². The summed E-state index contributed by atoms with van der Waals surface area (Å²) in [7, 11) is 1.97. The molecule has 0 spiro atoms. The molecule has 1 aliphatic rings. The minimum atomic E-state index is -0.248. The molecule has 23 heavy (non-hydrogen) atoms. The Kier molecular flexibility index (Phi) is 4.57. The van der Waals surface area contributed by atoms with Gasteiger partial charge in [0.25, 0.3) is 0 Å². The van der Waals surface area contributed by atoms with Crippen molar-refractivity contribution in [3.8, 4) is 0 Å². The van der Waals surface area contributed by atoms with Crippen LogP contribution < -0.4 is 21.3 Å². The molecule has 1 aromatic heterocycles. The van der Waals surface area contributed by atoms with E-state index in [-0.39, 0.29) is 11.8 Å². The Morgan fingerprint density at radius 2 is 2.22 bits per heavy atom. The summed E-state index contributed by atoms with van der Waals surface area (Å²) < 4.78 is 13.2. The molecular formula is C16H21FN6. The monoisotopic (exact) mass is 316 g/mol. The zero-order chi connectivity index (χ0) is 16.2. The predicted octanol–water partition coefficient (Wildman–Crippen LogP) is 1.61. The number of nitrogens with two attached hydrogens (primary N) is 1. The summed E-state index contributed by atoms with van der Waals surface area (Å²) in [6, 6.07) is 8.82. The summed E-state index contributed by atoms with van der Waals surface area (Å²) in [5, 5.41) is 6.46. The molecule has 3 rings (SSSR count). The predicted molar refractivity (Wildman–Crippen MR) is 89.8 cm³/mol. The average molecular weight is 316 g/mol. The summed E-state index contributed by atoms with van der Waals surface area (Å²) in [4.78, 5) is 10.7. The highest BCUT2D eigenvalue weighted by atomic mass is 19.1. The molecule has 0 amide bonds. The van der Waals surface area contributed by atoms with E-state index in [1.165, 1.54) is 12.1 Å². The number of hydrogen-bond acceptors (Lipinski definition) is 6. The van der Waals surface area contributed by atoms with Crippen LogP contribution in [0.15, 0.2) is 30.3 Å². The number of aromatic nitrogens is 2. The van der Waals surface area contributed by atoms with Crippen molar-refractivity contribution >= 4 is 17.6 Å². The third-order valence-electron chi connectivity index (χ3n) is 4.01. The van der Waals surface area contributed by atoms with Crippen LogP contribution in [0.3, 0.4) is 0 Å². The molecule has 4 N–H and O–H groups in total. The van der Waals surface area contributed by atoms with E-state index in [4.69, 9.17) is 5.73 Å². The molecule has 0 bridgehead atoms. The summed E-state index contributed by atoms with van der Waals surface area (Å²) in [6.45, 7) is 2.31. The third kappa shape index (κ3) is 3.87. The lowest BCUT2D eigenvalue weighted by molar-refractivity contribution is 0.616. The maximum Gasteiger partial charge on any atom is 0.223 e. The standard InChI is InChI=1S/C16H21FN6/c1-19-13-5-6-23(10-13)15-8-14(21-16(18)22-15)20-9-11-3-2-4-12(17)7-11/h2-4,7-8,13,19H,5-6,9-10H2,1H3,(H3,18,20,21,22)/t13-/m1/s1. The first kappa shape index (κ1) is 15.5. The molecule has 7 heteroatoms. The number of nitrogens with one attached hydrogen (secondary N) is 2. The molecule has 6 nitrogen and oxygen atoms in total. The molecule has 1 atom stereocenters. The van der Waals surface area contributed by atoms with Crippen LogP contribution in [0.1, 0.15) is 12.0 Å². The van der Waals surface area contributed by atoms with Gasteiger partial charge in [0.1, 0.15) is 17.5 Å². The van der Waals surface area contributed by atoms with E-state index in [1.807, 2.05) is 19.2 Å². The average Bonchev–Trinajstić information content (AvgIpc) is 3.02. The SMILES string of the molecule is CN[C@@H]1CCN(c2cc(NCc3cccc(F)c3)nc(N)n2)C1. The number of nitrogen functional groups attached to an aromatic ring is 1. The van der Waals surface area contributed by atoms with Gasteiger partial charge in [-0.2, -0.15) is 9.97 Å². The Morgan fingerprint density at radius 3 is 2.96 bits per heavy atom. The maximum absolute atomic E-state index is 13.2. The number of benzene rings is 1. The molecule has 2 aromatic rings. The fraction of sp³-hybridized carbons (Fsp3) is 0.375. The molecule has 0 radical (unpaired) electrons. The third-order valence-corrected chi connectivity index (χ3v) is 4.01. The van der Waals surface area contributed by atoms with Gasteiger partial charge < -0.3 is 21.3 Å². The number of hydrogen-bond donors (Lipinski definition) is 3. The Morgan fingerprint density at radius 1 is 1.35 bits per heavy atom. The number of halogens is 1. The molecule has 0 aliphatic carbocycles. The highest BCUT2D eigenvalue weighted by Gasteiger charge is 2.22. The van der Waals surface area contributed by atoms with Crippen LogP contribution in [0.2, 0.25) is 0 Å². The smallest absolute Gasteiger partial charge is 0.223 e. The topological polar surface area (TPSA) is 79.1 Å². The second-order valence-corrected chi connectivity index (χ2v) is 5.67. The molecule has 1 saturated heterocycles. The van der Waals surface area contributed by atoms with Crippen LogP contribution in [0.5, 0.6) is 0 Å². The Bertz CT molecular complexity index is 677. The number of nitrogens with zero attached hydrogens (tertiary/aromatic N) is 3. The molecular weight excluding hydrogens is 295 g/mol. The molecule has 1 aromatic carbocycles. The Labute approximate surface area is 134 Å². The zero-order valence-corrected chi connectivity index (χ0v) is 13.1. The van der Waals surface area contributed by atoms with E-state index in [1.54, 1.807) is 6.07 Å². The fourth-order valence-electron chi connectivity index (χ4n) is 2.75. The molecule has 122 valence electrons. The lowest BCUT2D eigenvalue weighted by Crippen LogP contribution is -2.30. The second-order valence-electron chi connectivity index (χ2n) is 5.67. The van der Waals surface area contributed by atoms with E-state index in [0.29, 0.717) is 18.4 Å². The lowest BCUT2D eigenvalue weighted by atomic mass is 10.2. The van der Waals surface area contributed by atoms with Gasteiger partial charge in [0, 0.05) is 31.7 Å². The molecule has 1 fully saturated rings. The van der Waals surface area contributed by atoms with Crippen LogP contribution in [-0.4, -0.2) is 36.1 Å². The van der Waals surface area contributed by atoms with Crippen LogP contribution in [0, 0.1) is 5.82 Å². The Hall–Kier alpha value is -2.41. The van der Waals surface area contributed by atoms with Crippen molar-refractivity contribution < 1.29 is 4.39 Å². The Balaban J connectivity index is 1.70. The summed E-state index contributed by atoms with van der Waals surface area (Å²) in [5.41, 5.74) is 6.67. The summed E-state index contributed by atoms with van der Waals surface area (Å²) in [6.07, 6.45) is 1.08. The van der Waals surface area contributed by atoms with Gasteiger partial charge in [0.2, 0.25) is 5.95 Å². The van der Waals surface area contributed by atoms with Crippen molar-refractivity contribution in [1.29, 1.82) is 0 Å². The van der Waals surface area contributed by atoms with Gasteiger partial charge in [-0.15, -0.1) is 0 Å². The van der Waals surface area contributed by atoms with Crippen molar-refractivity contribution in [2.24, 2.45) is 0 Å². The molecule has 2 heterocycles. The van der Waals surface area contributed by atoms with E-state index in [2.05, 4.69) is 25.5 Å². The second kappa shape index (κ2) is 6.78. The van der Waals surface area contributed by atoms with Crippen LogP contribution in [-0.2, 0) is 6.54 Å². The zero-order valence-electron chi connectivity index (χ0n) is 13.1. The minimum Gasteiger partial charge on any atom is -0.368 e. The first-order valence-corrected chi connectivity index (χ1v) is 7.69. The molecule has 0 saturated carbocycles. The van der Waals surface area contributed by atoms with E-state index in [0.717, 1.165) is 30.9 Å². The van der Waals surface area contributed by atoms with Crippen molar-refractivity contribution in [2.45, 2.75) is 19.0 Å². The van der Waals surface area contributed by atoms with Crippen molar-refractivity contribution in [2.75, 3.05) is 36.1 Å². The van der Waals surface area contributed by atoms with E-state index >= 15 is 0 Å². The molecule has 1 aliphatic heterocycles. The van der Waals surface area contributed by atoms with Gasteiger partial charge in [-0.3, -0.25) is 0 Å². The number of likely N-dealkylation sites (N-methyl/N-ethyl adjacent to an activating group) is 1. The van der Waals surface area contributed by atoms with Gasteiger partial charge in [0.15, 0.2) is 0 Å². The fourth-order valence-corrected chi connectivity index (χ4v) is 2.75. The highest BCUT2D eigenvalue weighted by molar-refractivity contribution is 5.53. The van der Waals surface area contributed by atoms with Gasteiger partial charge in [-0.05, 0) is 31.2 Å². The largest absolute Gasteiger partial charge is 0.368 e. The van der Waals surface area contributed by atoms with Crippen LogP contribution in [0.4, 0.5) is 22.0 Å². The quantitative estimate of drug-likeness (QED) is 0.778. The van der Waals surface area contributed by atoms with Gasteiger partial charge >= 0.3 is 0 Å². The van der Waals surface area contributed by atoms with Gasteiger partial charge in [0.05, 0.1) is 0 Å². The number of rotatable bonds is 5. The summed E-state index contributed by atoms with van der Waals surface area (Å²) in [5.74, 6) is 1.45. The first-order chi connectivity index (χ1) is 11.1. The van der Waals surface area contributed by atoms with Crippen LogP contribution >= 0.6 is 0 Å². The van der Waals surface area contributed by atoms with Crippen molar-refractivity contribution in [3.63, 3.8) is 0 Å². The van der Waals surface area contributed by atoms with Crippen molar-refractivity contribution in [3.05, 3.63) is 41.7 Å². The normalized spacial score (nSPS) is 17.5. The minimum absolute atomic E-state index is 0.233. The van der Waals surface area contributed by atoms with Crippen molar-refractivity contribution in [1.82, 2.24) is 15.3 Å². The highest BCUT2D eigenvalue weighted by Crippen LogP contribution is 2.22. The lowest BCUT2D eigenvalue weighted by Gasteiger charge is -2.18. The van der Waals surface area contributed by atoms with Gasteiger partial charge in [-0.1, -0.05) is 12.1 Å². The maximum atomic E-state index is 13.2. The number of anilines is 3.